The van der Waals surface area contributed by atoms with Crippen LogP contribution in [0.3, 0.4) is 0 Å². The van der Waals surface area contributed by atoms with Gasteiger partial charge in [-0.05, 0) is 34.8 Å². The molecule has 0 unspecified atom stereocenters. The van der Waals surface area contributed by atoms with Crippen LogP contribution in [0, 0.1) is 0 Å². The Balaban J connectivity index is 2.00. The third kappa shape index (κ3) is 3.13. The molecule has 2 rings (SSSR count). The van der Waals surface area contributed by atoms with E-state index in [1.54, 1.807) is 14.2 Å². The molecule has 0 radical (unpaired) electrons. The lowest BCUT2D eigenvalue weighted by Crippen LogP contribution is -2.35. The van der Waals surface area contributed by atoms with Gasteiger partial charge in [0.15, 0.2) is 6.29 Å². The van der Waals surface area contributed by atoms with Crippen LogP contribution in [0.4, 0.5) is 0 Å². The summed E-state index contributed by atoms with van der Waals surface area (Å²) in [6, 6.07) is 2.31. The molecule has 1 heterocycles. The summed E-state index contributed by atoms with van der Waals surface area (Å²) < 4.78 is 13.0. The van der Waals surface area contributed by atoms with Crippen LogP contribution in [0.2, 0.25) is 0 Å². The average molecular weight is 317 g/mol. The number of nitrogens with zero attached hydrogens (tertiary/aromatic N) is 1. The molecule has 0 bridgehead atoms. The standard InChI is InChI=1S/C12H17BrN2O3/c1-17-11(18-2)6-14-12(16)10-5-8(13)7-15(10)9-3-4-9/h5,7,9,11H,3-4,6H2,1-2H3,(H,14,16). The summed E-state index contributed by atoms with van der Waals surface area (Å²) in [6.07, 6.45) is 3.82. The van der Waals surface area contributed by atoms with Gasteiger partial charge < -0.3 is 19.4 Å². The molecule has 1 saturated carbocycles. The number of hydrogen-bond donors (Lipinski definition) is 1. The summed E-state index contributed by atoms with van der Waals surface area (Å²) >= 11 is 3.40. The van der Waals surface area contributed by atoms with Crippen molar-refractivity contribution in [2.24, 2.45) is 0 Å². The van der Waals surface area contributed by atoms with Crippen molar-refractivity contribution >= 4 is 21.8 Å². The van der Waals surface area contributed by atoms with Crippen LogP contribution >= 0.6 is 15.9 Å². The molecule has 6 heteroatoms. The number of methoxy groups -OCH3 is 2. The monoisotopic (exact) mass is 316 g/mol. The van der Waals surface area contributed by atoms with Crippen LogP contribution in [0.25, 0.3) is 0 Å². The van der Waals surface area contributed by atoms with Gasteiger partial charge >= 0.3 is 0 Å². The van der Waals surface area contributed by atoms with Gasteiger partial charge in [-0.15, -0.1) is 0 Å². The molecule has 1 aromatic heterocycles. The van der Waals surface area contributed by atoms with Crippen LogP contribution in [-0.4, -0.2) is 37.5 Å². The van der Waals surface area contributed by atoms with Gasteiger partial charge in [0.1, 0.15) is 5.69 Å². The highest BCUT2D eigenvalue weighted by atomic mass is 79.9. The summed E-state index contributed by atoms with van der Waals surface area (Å²) in [5, 5.41) is 2.81. The van der Waals surface area contributed by atoms with Gasteiger partial charge in [0, 0.05) is 30.9 Å². The number of ether oxygens (including phenoxy) is 2. The van der Waals surface area contributed by atoms with E-state index in [0.717, 1.165) is 17.3 Å². The highest BCUT2D eigenvalue weighted by molar-refractivity contribution is 9.10. The van der Waals surface area contributed by atoms with E-state index in [0.29, 0.717) is 18.3 Å². The summed E-state index contributed by atoms with van der Waals surface area (Å²) in [5.41, 5.74) is 0.676. The fourth-order valence-corrected chi connectivity index (χ4v) is 2.25. The molecule has 0 saturated heterocycles. The quantitative estimate of drug-likeness (QED) is 0.816. The Labute approximate surface area is 115 Å². The molecule has 0 aliphatic heterocycles. The lowest BCUT2D eigenvalue weighted by atomic mass is 10.4. The number of nitrogens with one attached hydrogen (secondary N) is 1. The van der Waals surface area contributed by atoms with E-state index < -0.39 is 6.29 Å². The fraction of sp³-hybridized carbons (Fsp3) is 0.583. The average Bonchev–Trinajstić information content (AvgIpc) is 3.13. The van der Waals surface area contributed by atoms with E-state index >= 15 is 0 Å². The number of aromatic nitrogens is 1. The first-order valence-electron chi connectivity index (χ1n) is 5.87. The topological polar surface area (TPSA) is 52.5 Å². The normalized spacial score (nSPS) is 15.1. The van der Waals surface area contributed by atoms with Gasteiger partial charge in [-0.25, -0.2) is 0 Å². The number of carbonyl (C=O) groups is 1. The van der Waals surface area contributed by atoms with Gasteiger partial charge in [-0.3, -0.25) is 4.79 Å². The Kier molecular flexibility index (Phi) is 4.42. The summed E-state index contributed by atoms with van der Waals surface area (Å²) in [5.74, 6) is -0.105. The smallest absolute Gasteiger partial charge is 0.268 e. The van der Waals surface area contributed by atoms with Gasteiger partial charge in [0.25, 0.3) is 5.91 Å². The Bertz CT molecular complexity index is 425. The van der Waals surface area contributed by atoms with Crippen LogP contribution in [0.1, 0.15) is 29.4 Å². The molecule has 1 aliphatic rings. The molecule has 18 heavy (non-hydrogen) atoms. The Hall–Kier alpha value is -0.850. The molecule has 1 aromatic rings. The molecule has 100 valence electrons. The van der Waals surface area contributed by atoms with E-state index in [1.165, 1.54) is 0 Å². The van der Waals surface area contributed by atoms with Crippen molar-refractivity contribution in [1.29, 1.82) is 0 Å². The third-order valence-electron chi connectivity index (χ3n) is 2.94. The lowest BCUT2D eigenvalue weighted by molar-refractivity contribution is -0.0974. The van der Waals surface area contributed by atoms with Crippen LogP contribution in [0.5, 0.6) is 0 Å². The van der Waals surface area contributed by atoms with Crippen molar-refractivity contribution < 1.29 is 14.3 Å². The maximum absolute atomic E-state index is 12.1. The fourth-order valence-electron chi connectivity index (χ4n) is 1.81. The van der Waals surface area contributed by atoms with Crippen LogP contribution < -0.4 is 5.32 Å². The van der Waals surface area contributed by atoms with Crippen molar-refractivity contribution in [1.82, 2.24) is 9.88 Å². The highest BCUT2D eigenvalue weighted by Gasteiger charge is 2.27. The van der Waals surface area contributed by atoms with Crippen molar-refractivity contribution in [2.75, 3.05) is 20.8 Å². The molecule has 0 aromatic carbocycles. The number of halogens is 1. The van der Waals surface area contributed by atoms with Crippen molar-refractivity contribution in [3.63, 3.8) is 0 Å². The molecule has 1 amide bonds. The van der Waals surface area contributed by atoms with E-state index in [4.69, 9.17) is 9.47 Å². The lowest BCUT2D eigenvalue weighted by Gasteiger charge is -2.14. The van der Waals surface area contributed by atoms with Gasteiger partial charge in [-0.2, -0.15) is 0 Å². The van der Waals surface area contributed by atoms with Gasteiger partial charge in [0.05, 0.1) is 6.54 Å². The predicted octanol–water partition coefficient (Wildman–Crippen LogP) is 1.93. The Morgan fingerprint density at radius 2 is 2.22 bits per heavy atom. The van der Waals surface area contributed by atoms with Crippen LogP contribution in [-0.2, 0) is 9.47 Å². The van der Waals surface area contributed by atoms with Gasteiger partial charge in [0.2, 0.25) is 0 Å². The highest BCUT2D eigenvalue weighted by Crippen LogP contribution is 2.37. The Morgan fingerprint density at radius 1 is 1.56 bits per heavy atom. The minimum Gasteiger partial charge on any atom is -0.354 e. The molecule has 0 atom stereocenters. The SMILES string of the molecule is COC(CNC(=O)c1cc(Br)cn1C1CC1)OC. The third-order valence-corrected chi connectivity index (χ3v) is 3.38. The van der Waals surface area contributed by atoms with E-state index in [1.807, 2.05) is 16.8 Å². The second-order valence-corrected chi connectivity index (χ2v) is 5.21. The van der Waals surface area contributed by atoms with Crippen LogP contribution in [0.15, 0.2) is 16.7 Å². The van der Waals surface area contributed by atoms with Crippen molar-refractivity contribution in [3.05, 3.63) is 22.4 Å². The minimum atomic E-state index is -0.415. The zero-order chi connectivity index (χ0) is 13.1. The first-order valence-corrected chi connectivity index (χ1v) is 6.66. The molecular formula is C12H17BrN2O3. The van der Waals surface area contributed by atoms with Crippen molar-refractivity contribution in [3.8, 4) is 0 Å². The maximum atomic E-state index is 12.1. The first-order chi connectivity index (χ1) is 8.65. The second-order valence-electron chi connectivity index (χ2n) is 4.29. The molecule has 1 aliphatic carbocycles. The van der Waals surface area contributed by atoms with E-state index in [2.05, 4.69) is 21.2 Å². The largest absolute Gasteiger partial charge is 0.354 e. The summed E-state index contributed by atoms with van der Waals surface area (Å²) in [7, 11) is 3.09. The molecular weight excluding hydrogens is 300 g/mol. The van der Waals surface area contributed by atoms with E-state index in [9.17, 15) is 4.79 Å². The number of carbonyl (C=O) groups excluding carboxylic acids is 1. The zero-order valence-electron chi connectivity index (χ0n) is 10.5. The van der Waals surface area contributed by atoms with Crippen molar-refractivity contribution in [2.45, 2.75) is 25.2 Å². The first kappa shape index (κ1) is 13.6. The second kappa shape index (κ2) is 5.86. The maximum Gasteiger partial charge on any atom is 0.268 e. The minimum absolute atomic E-state index is 0.105. The number of hydrogen-bond acceptors (Lipinski definition) is 3. The molecule has 1 fully saturated rings. The predicted molar refractivity (Wildman–Crippen MR) is 70.5 cm³/mol. The van der Waals surface area contributed by atoms with Gasteiger partial charge in [-0.1, -0.05) is 0 Å². The van der Waals surface area contributed by atoms with E-state index in [-0.39, 0.29) is 5.91 Å². The summed E-state index contributed by atoms with van der Waals surface area (Å²) in [6.45, 7) is 0.333. The Morgan fingerprint density at radius 3 is 2.78 bits per heavy atom. The summed E-state index contributed by atoms with van der Waals surface area (Å²) in [4.78, 5) is 12.1. The molecule has 1 N–H and O–H groups in total. The molecule has 5 nitrogen and oxygen atoms in total. The number of rotatable bonds is 6. The number of amides is 1. The molecule has 0 spiro atoms. The zero-order valence-corrected chi connectivity index (χ0v) is 12.1.